The van der Waals surface area contributed by atoms with Crippen LogP contribution in [0, 0.1) is 6.92 Å². The van der Waals surface area contributed by atoms with Crippen molar-refractivity contribution in [3.63, 3.8) is 0 Å². The van der Waals surface area contributed by atoms with E-state index < -0.39 is 5.97 Å². The lowest BCUT2D eigenvalue weighted by molar-refractivity contribution is -0.137. The maximum Gasteiger partial charge on any atom is 0.323 e. The number of benzene rings is 1. The number of ketones is 1. The van der Waals surface area contributed by atoms with Crippen LogP contribution in [0.4, 0.5) is 0 Å². The number of hydrogen-bond donors (Lipinski definition) is 2. The Labute approximate surface area is 156 Å². The molecule has 0 aliphatic rings. The number of carboxylic acids is 1. The maximum atomic E-state index is 12.1. The molecule has 3 aromatic rings. The molecular formula is C20H20N4O3. The average Bonchev–Trinajstić information content (AvgIpc) is 2.93. The molecule has 3 N–H and O–H groups in total. The van der Waals surface area contributed by atoms with Gasteiger partial charge in [0.25, 0.3) is 0 Å². The first-order valence-corrected chi connectivity index (χ1v) is 8.38. The van der Waals surface area contributed by atoms with Crippen molar-refractivity contribution >= 4 is 28.7 Å². The summed E-state index contributed by atoms with van der Waals surface area (Å²) < 4.78 is 1.60. The van der Waals surface area contributed by atoms with Crippen molar-refractivity contribution in [3.8, 4) is 11.1 Å². The molecule has 2 aromatic heterocycles. The third kappa shape index (κ3) is 3.72. The van der Waals surface area contributed by atoms with Crippen molar-refractivity contribution in [1.29, 1.82) is 0 Å². The monoisotopic (exact) mass is 364 g/mol. The summed E-state index contributed by atoms with van der Waals surface area (Å²) >= 11 is 0. The quantitative estimate of drug-likeness (QED) is 0.673. The van der Waals surface area contributed by atoms with Gasteiger partial charge in [-0.25, -0.2) is 9.97 Å². The van der Waals surface area contributed by atoms with E-state index in [1.165, 1.54) is 6.92 Å². The SMILES string of the molecule is CC(=O)c1cn(CC(=O)O)c2c(C)cc(-c3cnc(/C=C(/C)N)nc3)cc12. The van der Waals surface area contributed by atoms with E-state index in [2.05, 4.69) is 9.97 Å². The normalized spacial score (nSPS) is 11.7. The summed E-state index contributed by atoms with van der Waals surface area (Å²) in [7, 11) is 0. The number of nitrogens with zero attached hydrogens (tertiary/aromatic N) is 3. The van der Waals surface area contributed by atoms with E-state index in [4.69, 9.17) is 10.8 Å². The van der Waals surface area contributed by atoms with Gasteiger partial charge in [-0.3, -0.25) is 9.59 Å². The van der Waals surface area contributed by atoms with Crippen LogP contribution in [-0.2, 0) is 11.3 Å². The van der Waals surface area contributed by atoms with E-state index in [9.17, 15) is 9.59 Å². The lowest BCUT2D eigenvalue weighted by Gasteiger charge is -2.08. The molecule has 0 aliphatic heterocycles. The lowest BCUT2D eigenvalue weighted by Crippen LogP contribution is -2.08. The zero-order valence-electron chi connectivity index (χ0n) is 15.4. The molecule has 0 bridgehead atoms. The van der Waals surface area contributed by atoms with Crippen LogP contribution >= 0.6 is 0 Å². The number of fused-ring (bicyclic) bond motifs is 1. The maximum absolute atomic E-state index is 12.1. The number of aryl methyl sites for hydroxylation is 1. The highest BCUT2D eigenvalue weighted by Gasteiger charge is 2.17. The molecule has 7 heteroatoms. The van der Waals surface area contributed by atoms with Crippen molar-refractivity contribution in [2.45, 2.75) is 27.3 Å². The van der Waals surface area contributed by atoms with Gasteiger partial charge in [0.15, 0.2) is 11.6 Å². The molecule has 0 radical (unpaired) electrons. The topological polar surface area (TPSA) is 111 Å². The Balaban J connectivity index is 2.16. The molecule has 2 heterocycles. The summed E-state index contributed by atoms with van der Waals surface area (Å²) in [6.07, 6.45) is 6.68. The molecule has 0 spiro atoms. The number of carboxylic acid groups (broad SMARTS) is 1. The van der Waals surface area contributed by atoms with Gasteiger partial charge in [0.1, 0.15) is 6.54 Å². The van der Waals surface area contributed by atoms with Crippen molar-refractivity contribution in [2.75, 3.05) is 0 Å². The minimum Gasteiger partial charge on any atom is -0.480 e. The molecule has 0 amide bonds. The van der Waals surface area contributed by atoms with E-state index in [0.717, 1.165) is 27.6 Å². The number of nitrogens with two attached hydrogens (primary N) is 1. The number of aliphatic carboxylic acids is 1. The number of rotatable bonds is 5. The first-order chi connectivity index (χ1) is 12.8. The van der Waals surface area contributed by atoms with E-state index in [-0.39, 0.29) is 12.3 Å². The van der Waals surface area contributed by atoms with E-state index >= 15 is 0 Å². The Hall–Kier alpha value is -3.48. The number of Topliss-reactive ketones (excluding diaryl/α,β-unsaturated/α-hetero) is 1. The highest BCUT2D eigenvalue weighted by molar-refractivity contribution is 6.08. The Morgan fingerprint density at radius 2 is 1.85 bits per heavy atom. The van der Waals surface area contributed by atoms with Crippen LogP contribution in [0.2, 0.25) is 0 Å². The molecule has 0 atom stereocenters. The number of allylic oxidation sites excluding steroid dienone is 1. The summed E-state index contributed by atoms with van der Waals surface area (Å²) in [6, 6.07) is 3.81. The zero-order valence-corrected chi connectivity index (χ0v) is 15.4. The number of hydrogen-bond acceptors (Lipinski definition) is 5. The van der Waals surface area contributed by atoms with Gasteiger partial charge in [-0.2, -0.15) is 0 Å². The second-order valence-electron chi connectivity index (χ2n) is 6.53. The molecule has 27 heavy (non-hydrogen) atoms. The smallest absolute Gasteiger partial charge is 0.323 e. The second kappa shape index (κ2) is 7.03. The first-order valence-electron chi connectivity index (χ1n) is 8.38. The van der Waals surface area contributed by atoms with Gasteiger partial charge in [0.05, 0.1) is 5.52 Å². The Bertz CT molecular complexity index is 1070. The largest absolute Gasteiger partial charge is 0.480 e. The fourth-order valence-electron chi connectivity index (χ4n) is 3.14. The van der Waals surface area contributed by atoms with Crippen LogP contribution in [0.15, 0.2) is 36.4 Å². The van der Waals surface area contributed by atoms with Crippen LogP contribution in [0.5, 0.6) is 0 Å². The second-order valence-corrected chi connectivity index (χ2v) is 6.53. The summed E-state index contributed by atoms with van der Waals surface area (Å²) in [5.74, 6) is -0.554. The van der Waals surface area contributed by atoms with Gasteiger partial charge in [-0.05, 0) is 44.0 Å². The van der Waals surface area contributed by atoms with Crippen molar-refractivity contribution < 1.29 is 14.7 Å². The molecule has 3 rings (SSSR count). The lowest BCUT2D eigenvalue weighted by atomic mass is 10.0. The third-order valence-corrected chi connectivity index (χ3v) is 4.21. The minimum absolute atomic E-state index is 0.115. The van der Waals surface area contributed by atoms with Gasteiger partial charge in [0, 0.05) is 46.9 Å². The number of carbonyl (C=O) groups is 2. The molecule has 138 valence electrons. The number of carbonyl (C=O) groups excluding carboxylic acids is 1. The molecule has 1 aromatic carbocycles. The molecule has 0 saturated carbocycles. The zero-order chi connectivity index (χ0) is 19.7. The summed E-state index contributed by atoms with van der Waals surface area (Å²) in [5.41, 5.74) is 10.0. The average molecular weight is 364 g/mol. The van der Waals surface area contributed by atoms with Gasteiger partial charge >= 0.3 is 5.97 Å². The predicted octanol–water partition coefficient (Wildman–Crippen LogP) is 3.01. The van der Waals surface area contributed by atoms with Gasteiger partial charge in [-0.1, -0.05) is 0 Å². The first kappa shape index (κ1) is 18.3. The van der Waals surface area contributed by atoms with Crippen molar-refractivity contribution in [3.05, 3.63) is 53.4 Å². The number of aromatic nitrogens is 3. The van der Waals surface area contributed by atoms with E-state index in [0.29, 0.717) is 17.1 Å². The molecular weight excluding hydrogens is 344 g/mol. The van der Waals surface area contributed by atoms with Gasteiger partial charge in [0.2, 0.25) is 0 Å². The van der Waals surface area contributed by atoms with Crippen molar-refractivity contribution in [1.82, 2.24) is 14.5 Å². The standard InChI is InChI=1S/C20H20N4O3/c1-11-4-14(15-7-22-18(23-8-15)5-12(2)21)6-16-17(13(3)25)9-24(20(11)16)10-19(26)27/h4-9H,10,21H2,1-3H3,(H,26,27)/b12-5-. The summed E-state index contributed by atoms with van der Waals surface area (Å²) in [5, 5.41) is 9.87. The Kier molecular flexibility index (Phi) is 4.77. The molecule has 0 unspecified atom stereocenters. The fraction of sp³-hybridized carbons (Fsp3) is 0.200. The minimum atomic E-state index is -0.960. The summed E-state index contributed by atoms with van der Waals surface area (Å²) in [6.45, 7) is 4.93. The highest BCUT2D eigenvalue weighted by Crippen LogP contribution is 2.31. The molecule has 7 nitrogen and oxygen atoms in total. The van der Waals surface area contributed by atoms with Crippen LogP contribution < -0.4 is 5.73 Å². The van der Waals surface area contributed by atoms with Crippen LogP contribution in [-0.4, -0.2) is 31.4 Å². The van der Waals surface area contributed by atoms with Crippen LogP contribution in [0.25, 0.3) is 28.1 Å². The van der Waals surface area contributed by atoms with Gasteiger partial charge in [-0.15, -0.1) is 0 Å². The molecule has 0 fully saturated rings. The fourth-order valence-corrected chi connectivity index (χ4v) is 3.14. The van der Waals surface area contributed by atoms with E-state index in [1.54, 1.807) is 36.2 Å². The van der Waals surface area contributed by atoms with Crippen LogP contribution in [0.1, 0.15) is 35.6 Å². The highest BCUT2D eigenvalue weighted by atomic mass is 16.4. The van der Waals surface area contributed by atoms with Gasteiger partial charge < -0.3 is 15.4 Å². The Morgan fingerprint density at radius 1 is 1.19 bits per heavy atom. The predicted molar refractivity (Wildman–Crippen MR) is 103 cm³/mol. The third-order valence-electron chi connectivity index (χ3n) is 4.21. The van der Waals surface area contributed by atoms with E-state index in [1.807, 2.05) is 19.1 Å². The van der Waals surface area contributed by atoms with Crippen LogP contribution in [0.3, 0.4) is 0 Å². The molecule has 0 saturated heterocycles. The Morgan fingerprint density at radius 3 is 2.41 bits per heavy atom. The molecule has 0 aliphatic carbocycles. The summed E-state index contributed by atoms with van der Waals surface area (Å²) in [4.78, 5) is 31.8. The van der Waals surface area contributed by atoms with Crippen molar-refractivity contribution in [2.24, 2.45) is 5.73 Å².